The van der Waals surface area contributed by atoms with Crippen LogP contribution >= 0.6 is 0 Å². The monoisotopic (exact) mass is 404 g/mol. The van der Waals surface area contributed by atoms with Crippen LogP contribution in [0.5, 0.6) is 5.75 Å². The molecule has 0 fully saturated rings. The van der Waals surface area contributed by atoms with Gasteiger partial charge in [0.2, 0.25) is 0 Å². The second-order valence-electron chi connectivity index (χ2n) is 6.33. The molecule has 2 aromatic heterocycles. The molecular weight excluding hydrogens is 387 g/mol. The first-order chi connectivity index (χ1) is 13.5. The van der Waals surface area contributed by atoms with Gasteiger partial charge in [0.25, 0.3) is 5.56 Å². The van der Waals surface area contributed by atoms with Crippen LogP contribution in [0, 0.1) is 18.6 Å². The number of nitrogens with zero attached hydrogens (tertiary/aromatic N) is 2. The van der Waals surface area contributed by atoms with Crippen molar-refractivity contribution in [2.75, 3.05) is 6.61 Å². The van der Waals surface area contributed by atoms with Crippen molar-refractivity contribution in [1.29, 1.82) is 0 Å². The Morgan fingerprint density at radius 2 is 1.83 bits per heavy atom. The van der Waals surface area contributed by atoms with Crippen molar-refractivity contribution in [3.8, 4) is 28.1 Å². The summed E-state index contributed by atoms with van der Waals surface area (Å²) in [6.45, 7) is 4.16. The second-order valence-corrected chi connectivity index (χ2v) is 6.33. The first kappa shape index (κ1) is 21.2. The summed E-state index contributed by atoms with van der Waals surface area (Å²) >= 11 is 0. The Hall–Kier alpha value is -2.48. The van der Waals surface area contributed by atoms with Gasteiger partial charge >= 0.3 is 0 Å². The zero-order valence-corrected chi connectivity index (χ0v) is 18.3. The molecule has 1 N–H and O–H groups in total. The van der Waals surface area contributed by atoms with Crippen LogP contribution in [0.3, 0.4) is 0 Å². The van der Waals surface area contributed by atoms with E-state index in [0.717, 1.165) is 17.4 Å². The Balaban J connectivity index is 0.00000240. The smallest absolute Gasteiger partial charge is 0.273 e. The topological polar surface area (TPSA) is 59.4 Å². The van der Waals surface area contributed by atoms with Gasteiger partial charge < -0.3 is 4.74 Å². The molecule has 0 bridgehead atoms. The largest absolute Gasteiger partial charge is 0.494 e. The second kappa shape index (κ2) is 8.49. The summed E-state index contributed by atoms with van der Waals surface area (Å²) in [5.41, 5.74) is 2.28. The molecule has 29 heavy (non-hydrogen) atoms. The van der Waals surface area contributed by atoms with E-state index in [-0.39, 0.29) is 46.3 Å². The third-order valence-corrected chi connectivity index (χ3v) is 4.46. The summed E-state index contributed by atoms with van der Waals surface area (Å²) in [7, 11) is 0. The van der Waals surface area contributed by atoms with Crippen molar-refractivity contribution in [2.45, 2.75) is 13.8 Å². The zero-order chi connectivity index (χ0) is 19.8. The molecule has 0 aliphatic heterocycles. The number of nitrogens with one attached hydrogen (secondary N) is 1. The Labute approximate surface area is 187 Å². The van der Waals surface area contributed by atoms with Crippen molar-refractivity contribution >= 4 is 35.2 Å². The third-order valence-electron chi connectivity index (χ3n) is 4.46. The van der Waals surface area contributed by atoms with Gasteiger partial charge in [-0.1, -0.05) is 0 Å². The van der Waals surface area contributed by atoms with Gasteiger partial charge in [0.15, 0.2) is 5.65 Å². The fourth-order valence-corrected chi connectivity index (χ4v) is 3.20. The first-order valence-corrected chi connectivity index (χ1v) is 8.79. The molecule has 5 nitrogen and oxygen atoms in total. The summed E-state index contributed by atoms with van der Waals surface area (Å²) < 4.78 is 34.4. The van der Waals surface area contributed by atoms with E-state index in [4.69, 9.17) is 4.74 Å². The van der Waals surface area contributed by atoms with Crippen molar-refractivity contribution in [3.63, 3.8) is 0 Å². The van der Waals surface area contributed by atoms with Crippen molar-refractivity contribution in [2.24, 2.45) is 0 Å². The minimum Gasteiger partial charge on any atom is -0.494 e. The number of halogens is 2. The quantitative estimate of drug-likeness (QED) is 0.524. The van der Waals surface area contributed by atoms with Gasteiger partial charge in [-0.3, -0.25) is 9.89 Å². The van der Waals surface area contributed by atoms with Crippen molar-refractivity contribution in [3.05, 3.63) is 76.2 Å². The number of aryl methyl sites for hydroxylation is 1. The van der Waals surface area contributed by atoms with E-state index in [2.05, 4.69) is 10.1 Å². The molecule has 1 radical (unpaired) electrons. The van der Waals surface area contributed by atoms with E-state index in [0.29, 0.717) is 23.6 Å². The van der Waals surface area contributed by atoms with Crippen LogP contribution in [0.15, 0.2) is 53.3 Å². The average Bonchev–Trinajstić information content (AvgIpc) is 2.99. The molecule has 0 saturated carbocycles. The number of H-pyrrole nitrogens is 1. The molecule has 4 aromatic rings. The number of benzene rings is 2. The van der Waals surface area contributed by atoms with Crippen molar-refractivity contribution < 1.29 is 13.5 Å². The molecule has 0 unspecified atom stereocenters. The minimum atomic E-state index is -0.717. The summed E-state index contributed by atoms with van der Waals surface area (Å²) in [6, 6.07) is 11.9. The summed E-state index contributed by atoms with van der Waals surface area (Å²) in [5.74, 6) is -0.667. The van der Waals surface area contributed by atoms with Crippen molar-refractivity contribution in [1.82, 2.24) is 14.6 Å². The fourth-order valence-electron chi connectivity index (χ4n) is 3.20. The number of hydrogen-bond acceptors (Lipinski definition) is 3. The molecule has 0 saturated heterocycles. The van der Waals surface area contributed by atoms with E-state index in [9.17, 15) is 13.6 Å². The van der Waals surface area contributed by atoms with Crippen LogP contribution < -0.4 is 10.3 Å². The van der Waals surface area contributed by atoms with Gasteiger partial charge in [0.1, 0.15) is 17.4 Å². The van der Waals surface area contributed by atoms with Gasteiger partial charge in [0.05, 0.1) is 12.3 Å². The van der Waals surface area contributed by atoms with Crippen LogP contribution in [0.4, 0.5) is 8.78 Å². The van der Waals surface area contributed by atoms with Gasteiger partial charge in [-0.15, -0.1) is 0 Å². The molecule has 0 spiro atoms. The van der Waals surface area contributed by atoms with Crippen LogP contribution in [0.1, 0.15) is 12.6 Å². The van der Waals surface area contributed by atoms with Gasteiger partial charge in [-0.2, -0.15) is 0 Å². The fraction of sp³-hybridized carbons (Fsp3) is 0.143. The van der Waals surface area contributed by atoms with E-state index in [1.165, 1.54) is 22.7 Å². The Morgan fingerprint density at radius 3 is 2.48 bits per heavy atom. The molecule has 2 heterocycles. The predicted octanol–water partition coefficient (Wildman–Crippen LogP) is 3.96. The molecule has 8 heteroatoms. The maximum atomic E-state index is 14.4. The van der Waals surface area contributed by atoms with Gasteiger partial charge in [-0.25, -0.2) is 18.3 Å². The van der Waals surface area contributed by atoms with Gasteiger partial charge in [-0.05, 0) is 50.2 Å². The molecular formula is C21H17F2N3NaO2. The Morgan fingerprint density at radius 1 is 1.10 bits per heavy atom. The Bertz CT molecular complexity index is 1230. The standard InChI is InChI=1S/C21H17F2N3O2.Na/c1-3-28-15-7-4-13(5-8-15)18-11-19(27)26-21(24-18)20(12(2)25-26)16-9-6-14(22)10-17(16)23;/h4-11,25H,3H2,1-2H3;. The number of ether oxygens (including phenoxy) is 1. The number of hydrogen-bond donors (Lipinski definition) is 1. The molecule has 0 aliphatic rings. The molecule has 0 aliphatic carbocycles. The number of aromatic amines is 1. The van der Waals surface area contributed by atoms with E-state index < -0.39 is 11.6 Å². The maximum Gasteiger partial charge on any atom is 0.273 e. The van der Waals surface area contributed by atoms with E-state index in [1.807, 2.05) is 6.92 Å². The first-order valence-electron chi connectivity index (χ1n) is 8.79. The van der Waals surface area contributed by atoms with Gasteiger partial charge in [0, 0.05) is 64.1 Å². The normalized spacial score (nSPS) is 10.8. The SMILES string of the molecule is CCOc1ccc(-c2cc(=O)n3[nH]c(C)c(-c4ccc(F)cc4F)c3n2)cc1.[Na]. The molecule has 4 rings (SSSR count). The number of aromatic nitrogens is 3. The van der Waals surface area contributed by atoms with E-state index >= 15 is 0 Å². The van der Waals surface area contributed by atoms with Crippen LogP contribution in [-0.4, -0.2) is 50.8 Å². The van der Waals surface area contributed by atoms with Crippen LogP contribution in [-0.2, 0) is 0 Å². The number of fused-ring (bicyclic) bond motifs is 1. The Kier molecular flexibility index (Phi) is 6.21. The third kappa shape index (κ3) is 3.99. The van der Waals surface area contributed by atoms with Crippen LogP contribution in [0.2, 0.25) is 0 Å². The van der Waals surface area contributed by atoms with Crippen LogP contribution in [0.25, 0.3) is 28.0 Å². The minimum absolute atomic E-state index is 0. The molecule has 2 aromatic carbocycles. The summed E-state index contributed by atoms with van der Waals surface area (Å²) in [5, 5.41) is 2.90. The summed E-state index contributed by atoms with van der Waals surface area (Å²) in [6.07, 6.45) is 0. The summed E-state index contributed by atoms with van der Waals surface area (Å²) in [4.78, 5) is 17.2. The zero-order valence-electron chi connectivity index (χ0n) is 16.3. The average molecular weight is 404 g/mol. The molecule has 0 atom stereocenters. The number of rotatable bonds is 4. The molecule has 143 valence electrons. The predicted molar refractivity (Wildman–Crippen MR) is 108 cm³/mol. The van der Waals surface area contributed by atoms with E-state index in [1.54, 1.807) is 31.2 Å². The maximum absolute atomic E-state index is 14.4. The molecule has 0 amide bonds.